The van der Waals surface area contributed by atoms with Crippen LogP contribution >= 0.6 is 11.8 Å². The number of thioether (sulfide) groups is 1. The first-order chi connectivity index (χ1) is 8.64. The lowest BCUT2D eigenvalue weighted by atomic mass is 9.83. The molecule has 1 fully saturated rings. The average Bonchev–Trinajstić information content (AvgIpc) is 2.32. The lowest BCUT2D eigenvalue weighted by Gasteiger charge is -2.35. The Kier molecular flexibility index (Phi) is 6.32. The van der Waals surface area contributed by atoms with E-state index in [-0.39, 0.29) is 11.7 Å². The zero-order valence-electron chi connectivity index (χ0n) is 10.9. The predicted octanol–water partition coefficient (Wildman–Crippen LogP) is 1.70. The lowest BCUT2D eigenvalue weighted by molar-refractivity contribution is -0.120. The summed E-state index contributed by atoms with van der Waals surface area (Å²) in [4.78, 5) is 11.8. The van der Waals surface area contributed by atoms with Crippen LogP contribution in [0.15, 0.2) is 5.16 Å². The molecule has 0 aromatic rings. The summed E-state index contributed by atoms with van der Waals surface area (Å²) >= 11 is 1.47. The number of amides is 1. The summed E-state index contributed by atoms with van der Waals surface area (Å²) in [5, 5.41) is 15.1. The topological polar surface area (TPSA) is 87.7 Å². The van der Waals surface area contributed by atoms with Gasteiger partial charge in [0.2, 0.25) is 5.91 Å². The number of nitrogens with two attached hydrogens (primary N) is 1. The van der Waals surface area contributed by atoms with E-state index < -0.39 is 5.54 Å². The molecule has 1 aliphatic carbocycles. The minimum atomic E-state index is -0.651. The minimum absolute atomic E-state index is 0.0466. The molecule has 1 saturated carbocycles. The van der Waals surface area contributed by atoms with Gasteiger partial charge in [0.1, 0.15) is 5.54 Å². The van der Waals surface area contributed by atoms with Crippen molar-refractivity contribution in [3.05, 3.63) is 0 Å². The Morgan fingerprint density at radius 3 is 2.39 bits per heavy atom. The second kappa shape index (κ2) is 7.51. The number of carbonyl (C=O) groups is 1. The fourth-order valence-electron chi connectivity index (χ4n) is 2.48. The van der Waals surface area contributed by atoms with Crippen LogP contribution in [0, 0.1) is 0 Å². The van der Waals surface area contributed by atoms with Gasteiger partial charge in [-0.3, -0.25) is 4.79 Å². The first-order valence-corrected chi connectivity index (χ1v) is 7.82. The molecule has 0 spiro atoms. The summed E-state index contributed by atoms with van der Waals surface area (Å²) in [6.07, 6.45) is 8.88. The Morgan fingerprint density at radius 2 is 1.89 bits per heavy atom. The van der Waals surface area contributed by atoms with Crippen molar-refractivity contribution >= 4 is 23.5 Å². The third-order valence-electron chi connectivity index (χ3n) is 3.46. The summed E-state index contributed by atoms with van der Waals surface area (Å²) < 4.78 is 0. The SMILES string of the molecule is CSCC(=O)NC1(C(N)=NO)CCCCCCC1. The Balaban J connectivity index is 2.81. The highest BCUT2D eigenvalue weighted by Gasteiger charge is 2.36. The van der Waals surface area contributed by atoms with Crippen LogP contribution in [0.5, 0.6) is 0 Å². The van der Waals surface area contributed by atoms with Gasteiger partial charge in [0.25, 0.3) is 0 Å². The van der Waals surface area contributed by atoms with Crippen molar-refractivity contribution in [3.63, 3.8) is 0 Å². The summed E-state index contributed by atoms with van der Waals surface area (Å²) in [6, 6.07) is 0. The van der Waals surface area contributed by atoms with Crippen molar-refractivity contribution in [1.29, 1.82) is 0 Å². The van der Waals surface area contributed by atoms with Crippen molar-refractivity contribution in [3.8, 4) is 0 Å². The molecule has 6 heteroatoms. The number of hydrogen-bond donors (Lipinski definition) is 3. The Hall–Kier alpha value is -0.910. The maximum absolute atomic E-state index is 11.8. The van der Waals surface area contributed by atoms with Crippen LogP contribution < -0.4 is 11.1 Å². The van der Waals surface area contributed by atoms with Crippen molar-refractivity contribution < 1.29 is 10.0 Å². The van der Waals surface area contributed by atoms with E-state index in [0.717, 1.165) is 38.5 Å². The molecule has 1 aliphatic rings. The molecule has 1 rings (SSSR count). The van der Waals surface area contributed by atoms with Crippen LogP contribution in [0.3, 0.4) is 0 Å². The van der Waals surface area contributed by atoms with Gasteiger partial charge in [-0.05, 0) is 19.1 Å². The zero-order chi connectivity index (χ0) is 13.4. The van der Waals surface area contributed by atoms with Crippen LogP contribution in [0.4, 0.5) is 0 Å². The summed E-state index contributed by atoms with van der Waals surface area (Å²) in [7, 11) is 0. The Morgan fingerprint density at radius 1 is 1.33 bits per heavy atom. The van der Waals surface area contributed by atoms with Gasteiger partial charge in [0.05, 0.1) is 5.75 Å². The standard InChI is InChI=1S/C12H23N3O2S/c1-18-9-10(16)14-12(11(13)15-17)7-5-3-2-4-6-8-12/h17H,2-9H2,1H3,(H2,13,15)(H,14,16). The van der Waals surface area contributed by atoms with Crippen molar-refractivity contribution in [1.82, 2.24) is 5.32 Å². The summed E-state index contributed by atoms with van der Waals surface area (Å²) in [6.45, 7) is 0. The molecule has 104 valence electrons. The number of hydrogen-bond acceptors (Lipinski definition) is 4. The summed E-state index contributed by atoms with van der Waals surface area (Å²) in [5.41, 5.74) is 5.18. The van der Waals surface area contributed by atoms with E-state index in [1.54, 1.807) is 0 Å². The van der Waals surface area contributed by atoms with Gasteiger partial charge >= 0.3 is 0 Å². The minimum Gasteiger partial charge on any atom is -0.409 e. The third kappa shape index (κ3) is 4.08. The van der Waals surface area contributed by atoms with Crippen LogP contribution in [0.1, 0.15) is 44.9 Å². The first kappa shape index (κ1) is 15.1. The summed E-state index contributed by atoms with van der Waals surface area (Å²) in [5.74, 6) is 0.494. The molecule has 0 atom stereocenters. The van der Waals surface area contributed by atoms with E-state index in [9.17, 15) is 4.79 Å². The van der Waals surface area contributed by atoms with Crippen LogP contribution in [0.25, 0.3) is 0 Å². The number of amidine groups is 1. The molecule has 0 aromatic carbocycles. The smallest absolute Gasteiger partial charge is 0.230 e. The van der Waals surface area contributed by atoms with Gasteiger partial charge in [0.15, 0.2) is 5.84 Å². The average molecular weight is 273 g/mol. The monoisotopic (exact) mass is 273 g/mol. The molecule has 0 unspecified atom stereocenters. The second-order valence-corrected chi connectivity index (χ2v) is 5.68. The maximum Gasteiger partial charge on any atom is 0.230 e. The highest BCUT2D eigenvalue weighted by molar-refractivity contribution is 7.99. The largest absolute Gasteiger partial charge is 0.409 e. The molecule has 0 bridgehead atoms. The van der Waals surface area contributed by atoms with Crippen molar-refractivity contribution in [2.75, 3.05) is 12.0 Å². The molecule has 0 saturated heterocycles. The molecule has 0 heterocycles. The van der Waals surface area contributed by atoms with E-state index in [1.165, 1.54) is 18.2 Å². The van der Waals surface area contributed by atoms with E-state index in [1.807, 2.05) is 6.26 Å². The molecular formula is C12H23N3O2S. The van der Waals surface area contributed by atoms with E-state index >= 15 is 0 Å². The Labute approximate surface area is 113 Å². The highest BCUT2D eigenvalue weighted by Crippen LogP contribution is 2.26. The van der Waals surface area contributed by atoms with Gasteiger partial charge in [-0.1, -0.05) is 37.3 Å². The molecule has 4 N–H and O–H groups in total. The number of carbonyl (C=O) groups excluding carboxylic acids is 1. The van der Waals surface area contributed by atoms with Crippen LogP contribution in [-0.4, -0.2) is 34.5 Å². The fraction of sp³-hybridized carbons (Fsp3) is 0.833. The zero-order valence-corrected chi connectivity index (χ0v) is 11.8. The number of oxime groups is 1. The second-order valence-electron chi connectivity index (χ2n) is 4.82. The van der Waals surface area contributed by atoms with Gasteiger partial charge in [-0.25, -0.2) is 0 Å². The van der Waals surface area contributed by atoms with Gasteiger partial charge in [0, 0.05) is 0 Å². The fourth-order valence-corrected chi connectivity index (χ4v) is 2.82. The van der Waals surface area contributed by atoms with Crippen LogP contribution in [-0.2, 0) is 4.79 Å². The molecule has 0 aromatic heterocycles. The third-order valence-corrected chi connectivity index (χ3v) is 4.01. The normalized spacial score (nSPS) is 20.8. The van der Waals surface area contributed by atoms with E-state index in [0.29, 0.717) is 5.75 Å². The quantitative estimate of drug-likeness (QED) is 0.315. The lowest BCUT2D eigenvalue weighted by Crippen LogP contribution is -2.58. The number of rotatable bonds is 4. The highest BCUT2D eigenvalue weighted by atomic mass is 32.2. The first-order valence-electron chi connectivity index (χ1n) is 6.42. The molecule has 5 nitrogen and oxygen atoms in total. The van der Waals surface area contributed by atoms with Crippen LogP contribution in [0.2, 0.25) is 0 Å². The molecule has 0 radical (unpaired) electrons. The number of nitrogens with zero attached hydrogens (tertiary/aromatic N) is 1. The van der Waals surface area contributed by atoms with Gasteiger partial charge in [-0.2, -0.15) is 11.8 Å². The van der Waals surface area contributed by atoms with E-state index in [4.69, 9.17) is 10.9 Å². The van der Waals surface area contributed by atoms with Crippen molar-refractivity contribution in [2.45, 2.75) is 50.5 Å². The van der Waals surface area contributed by atoms with E-state index in [2.05, 4.69) is 10.5 Å². The maximum atomic E-state index is 11.8. The molecule has 1 amide bonds. The molecule has 0 aliphatic heterocycles. The molecular weight excluding hydrogens is 250 g/mol. The van der Waals surface area contributed by atoms with Gasteiger partial charge in [-0.15, -0.1) is 0 Å². The number of nitrogens with one attached hydrogen (secondary N) is 1. The van der Waals surface area contributed by atoms with Gasteiger partial charge < -0.3 is 16.3 Å². The Bertz CT molecular complexity index is 300. The molecule has 18 heavy (non-hydrogen) atoms. The van der Waals surface area contributed by atoms with Crippen molar-refractivity contribution in [2.24, 2.45) is 10.9 Å². The predicted molar refractivity (Wildman–Crippen MR) is 75.0 cm³/mol.